The normalized spacial score (nSPS) is 17.6. The maximum Gasteiger partial charge on any atom is 0.254 e. The number of nitrogens with one attached hydrogen (secondary N) is 1. The molecule has 0 saturated carbocycles. The van der Waals surface area contributed by atoms with Crippen LogP contribution in [-0.4, -0.2) is 10.1 Å². The van der Waals surface area contributed by atoms with Crippen molar-refractivity contribution in [1.82, 2.24) is 10.1 Å². The molecule has 0 spiro atoms. The summed E-state index contributed by atoms with van der Waals surface area (Å²) in [4.78, 5) is 4.76. The van der Waals surface area contributed by atoms with Crippen molar-refractivity contribution >= 4 is 17.3 Å². The van der Waals surface area contributed by atoms with Crippen molar-refractivity contribution in [2.24, 2.45) is 0 Å². The van der Waals surface area contributed by atoms with Crippen LogP contribution < -0.4 is 5.32 Å². The zero-order chi connectivity index (χ0) is 21.5. The second kappa shape index (κ2) is 7.86. The smallest absolute Gasteiger partial charge is 0.254 e. The van der Waals surface area contributed by atoms with Crippen molar-refractivity contribution in [3.05, 3.63) is 99.9 Å². The van der Waals surface area contributed by atoms with Gasteiger partial charge in [-0.15, -0.1) is 0 Å². The van der Waals surface area contributed by atoms with E-state index >= 15 is 0 Å². The lowest BCUT2D eigenvalue weighted by Crippen LogP contribution is -2.14. The standard InChI is InChI=1S/C26H24ClN3O/c1-15(2)19-9-6-10-21-16(3)20-7-4-5-8-22(20)24(28-23(19)21)26-29-25(30-31-26)17-11-13-18(27)14-12-17/h4-16,24,28H,1-3H3. The van der Waals surface area contributed by atoms with Gasteiger partial charge in [-0.05, 0) is 52.4 Å². The summed E-state index contributed by atoms with van der Waals surface area (Å²) in [6.45, 7) is 6.71. The third-order valence-corrected chi connectivity index (χ3v) is 6.32. The summed E-state index contributed by atoms with van der Waals surface area (Å²) >= 11 is 6.03. The maximum atomic E-state index is 6.03. The highest BCUT2D eigenvalue weighted by molar-refractivity contribution is 6.30. The van der Waals surface area contributed by atoms with Gasteiger partial charge in [-0.25, -0.2) is 0 Å². The molecule has 0 radical (unpaired) electrons. The first-order chi connectivity index (χ1) is 15.0. The van der Waals surface area contributed by atoms with Crippen LogP contribution in [0.25, 0.3) is 11.4 Å². The molecule has 2 heterocycles. The average Bonchev–Trinajstić information content (AvgIpc) is 3.22. The number of hydrogen-bond acceptors (Lipinski definition) is 4. The van der Waals surface area contributed by atoms with E-state index in [0.29, 0.717) is 22.7 Å². The van der Waals surface area contributed by atoms with Crippen molar-refractivity contribution in [2.45, 2.75) is 38.6 Å². The molecule has 0 saturated heterocycles. The summed E-state index contributed by atoms with van der Waals surface area (Å²) in [6, 6.07) is 22.3. The molecule has 156 valence electrons. The van der Waals surface area contributed by atoms with E-state index in [1.165, 1.54) is 16.7 Å². The number of hydrogen-bond donors (Lipinski definition) is 1. The number of rotatable bonds is 3. The fraction of sp³-hybridized carbons (Fsp3) is 0.231. The van der Waals surface area contributed by atoms with Crippen LogP contribution in [0.5, 0.6) is 0 Å². The molecule has 3 aromatic carbocycles. The molecule has 2 unspecified atom stereocenters. The van der Waals surface area contributed by atoms with E-state index in [-0.39, 0.29) is 12.0 Å². The van der Waals surface area contributed by atoms with Gasteiger partial charge in [0.15, 0.2) is 0 Å². The van der Waals surface area contributed by atoms with E-state index in [1.54, 1.807) is 0 Å². The highest BCUT2D eigenvalue weighted by Crippen LogP contribution is 2.44. The highest BCUT2D eigenvalue weighted by Gasteiger charge is 2.31. The van der Waals surface area contributed by atoms with Crippen LogP contribution in [0.1, 0.15) is 66.8 Å². The van der Waals surface area contributed by atoms with Gasteiger partial charge in [-0.1, -0.05) is 80.0 Å². The Morgan fingerprint density at radius 3 is 2.35 bits per heavy atom. The molecule has 1 aliphatic rings. The van der Waals surface area contributed by atoms with Gasteiger partial charge in [-0.3, -0.25) is 0 Å². The summed E-state index contributed by atoms with van der Waals surface area (Å²) in [6.07, 6.45) is 0. The first kappa shape index (κ1) is 19.8. The molecule has 2 atom stereocenters. The Hall–Kier alpha value is -3.11. The van der Waals surface area contributed by atoms with Gasteiger partial charge < -0.3 is 9.84 Å². The quantitative estimate of drug-likeness (QED) is 0.374. The average molecular weight is 430 g/mol. The van der Waals surface area contributed by atoms with E-state index in [1.807, 2.05) is 24.3 Å². The van der Waals surface area contributed by atoms with E-state index in [2.05, 4.69) is 73.7 Å². The lowest BCUT2D eigenvalue weighted by Gasteiger charge is -2.21. The molecule has 1 aliphatic heterocycles. The van der Waals surface area contributed by atoms with Crippen LogP contribution in [0, 0.1) is 0 Å². The molecule has 0 bridgehead atoms. The summed E-state index contributed by atoms with van der Waals surface area (Å²) < 4.78 is 5.80. The monoisotopic (exact) mass is 429 g/mol. The Labute approximate surface area is 187 Å². The molecule has 0 fully saturated rings. The van der Waals surface area contributed by atoms with Gasteiger partial charge in [0.1, 0.15) is 6.04 Å². The third kappa shape index (κ3) is 3.51. The fourth-order valence-corrected chi connectivity index (χ4v) is 4.54. The Morgan fingerprint density at radius 1 is 0.903 bits per heavy atom. The van der Waals surface area contributed by atoms with Gasteiger partial charge in [0.05, 0.1) is 0 Å². The van der Waals surface area contributed by atoms with Gasteiger partial charge >= 0.3 is 0 Å². The number of benzene rings is 3. The second-order valence-corrected chi connectivity index (χ2v) is 8.79. The van der Waals surface area contributed by atoms with Crippen LogP contribution in [0.4, 0.5) is 5.69 Å². The number of anilines is 1. The Balaban J connectivity index is 1.65. The summed E-state index contributed by atoms with van der Waals surface area (Å²) in [5.74, 6) is 1.75. The summed E-state index contributed by atoms with van der Waals surface area (Å²) in [5.41, 5.74) is 7.05. The third-order valence-electron chi connectivity index (χ3n) is 6.07. The van der Waals surface area contributed by atoms with E-state index < -0.39 is 0 Å². The number of aromatic nitrogens is 2. The molecule has 0 amide bonds. The van der Waals surface area contributed by atoms with Crippen LogP contribution in [-0.2, 0) is 0 Å². The van der Waals surface area contributed by atoms with Crippen molar-refractivity contribution < 1.29 is 4.52 Å². The molecule has 1 aromatic heterocycles. The Morgan fingerprint density at radius 2 is 1.61 bits per heavy atom. The summed E-state index contributed by atoms with van der Waals surface area (Å²) in [7, 11) is 0. The van der Waals surface area contributed by atoms with Gasteiger partial charge in [0.2, 0.25) is 5.82 Å². The summed E-state index contributed by atoms with van der Waals surface area (Å²) in [5, 5.41) is 8.71. The van der Waals surface area contributed by atoms with Crippen molar-refractivity contribution in [2.75, 3.05) is 5.32 Å². The van der Waals surface area contributed by atoms with E-state index in [0.717, 1.165) is 16.8 Å². The van der Waals surface area contributed by atoms with Crippen molar-refractivity contribution in [3.63, 3.8) is 0 Å². The number of halogens is 1. The highest BCUT2D eigenvalue weighted by atomic mass is 35.5. The fourth-order valence-electron chi connectivity index (χ4n) is 4.42. The largest absolute Gasteiger partial charge is 0.370 e. The molecular weight excluding hydrogens is 406 g/mol. The van der Waals surface area contributed by atoms with E-state index in [9.17, 15) is 0 Å². The minimum atomic E-state index is -0.228. The molecular formula is C26H24ClN3O. The van der Waals surface area contributed by atoms with Crippen LogP contribution in [0.2, 0.25) is 5.02 Å². The van der Waals surface area contributed by atoms with Crippen LogP contribution in [0.3, 0.4) is 0 Å². The lowest BCUT2D eigenvalue weighted by molar-refractivity contribution is 0.372. The Kier molecular flexibility index (Phi) is 5.03. The molecule has 1 N–H and O–H groups in total. The zero-order valence-electron chi connectivity index (χ0n) is 17.8. The number of fused-ring (bicyclic) bond motifs is 2. The Bertz CT molecular complexity index is 1230. The minimum Gasteiger partial charge on any atom is -0.370 e. The number of nitrogens with zero attached hydrogens (tertiary/aromatic N) is 2. The van der Waals surface area contributed by atoms with Crippen molar-refractivity contribution in [1.29, 1.82) is 0 Å². The van der Waals surface area contributed by atoms with E-state index in [4.69, 9.17) is 21.1 Å². The van der Waals surface area contributed by atoms with Crippen LogP contribution >= 0.6 is 11.6 Å². The molecule has 4 aromatic rings. The first-order valence-corrected chi connectivity index (χ1v) is 11.0. The van der Waals surface area contributed by atoms with Gasteiger partial charge in [-0.2, -0.15) is 4.98 Å². The minimum absolute atomic E-state index is 0.228. The predicted molar refractivity (Wildman–Crippen MR) is 125 cm³/mol. The molecule has 4 nitrogen and oxygen atoms in total. The van der Waals surface area contributed by atoms with Gasteiger partial charge in [0, 0.05) is 22.2 Å². The zero-order valence-corrected chi connectivity index (χ0v) is 18.5. The first-order valence-electron chi connectivity index (χ1n) is 10.6. The van der Waals surface area contributed by atoms with Gasteiger partial charge in [0.25, 0.3) is 5.89 Å². The second-order valence-electron chi connectivity index (χ2n) is 8.36. The predicted octanol–water partition coefficient (Wildman–Crippen LogP) is 7.18. The molecule has 5 rings (SSSR count). The topological polar surface area (TPSA) is 51.0 Å². The molecule has 31 heavy (non-hydrogen) atoms. The van der Waals surface area contributed by atoms with Crippen molar-refractivity contribution in [3.8, 4) is 11.4 Å². The molecule has 5 heteroatoms. The maximum absolute atomic E-state index is 6.03. The van der Waals surface area contributed by atoms with Crippen LogP contribution in [0.15, 0.2) is 71.3 Å². The SMILES string of the molecule is CC(C)c1cccc2c1NC(c1nc(-c3ccc(Cl)cc3)no1)c1ccccc1C2C. The number of para-hydroxylation sites is 1. The molecule has 0 aliphatic carbocycles. The lowest BCUT2D eigenvalue weighted by atomic mass is 9.87.